The van der Waals surface area contributed by atoms with Crippen molar-refractivity contribution >= 4 is 23.2 Å². The van der Waals surface area contributed by atoms with Gasteiger partial charge in [0.1, 0.15) is 5.15 Å². The summed E-state index contributed by atoms with van der Waals surface area (Å²) < 4.78 is 0. The third-order valence-corrected chi connectivity index (χ3v) is 1.56. The highest BCUT2D eigenvalue weighted by molar-refractivity contribution is 6.29. The van der Waals surface area contributed by atoms with Crippen LogP contribution in [0.25, 0.3) is 0 Å². The molecule has 0 aromatic carbocycles. The fourth-order valence-corrected chi connectivity index (χ4v) is 0.997. The van der Waals surface area contributed by atoms with E-state index in [1.807, 2.05) is 0 Å². The molecule has 0 spiro atoms. The highest BCUT2D eigenvalue weighted by Crippen LogP contribution is 2.15. The third kappa shape index (κ3) is 2.19. The Morgan fingerprint density at radius 2 is 2.38 bits per heavy atom. The SMILES string of the molecule is C=CNc1ccc(Cl)nc1C(N)=O. The van der Waals surface area contributed by atoms with Crippen LogP contribution in [-0.2, 0) is 0 Å². The minimum atomic E-state index is -0.633. The number of nitrogens with one attached hydrogen (secondary N) is 1. The van der Waals surface area contributed by atoms with Crippen LogP contribution in [0.1, 0.15) is 10.5 Å². The van der Waals surface area contributed by atoms with Crippen molar-refractivity contribution in [2.45, 2.75) is 0 Å². The predicted octanol–water partition coefficient (Wildman–Crippen LogP) is 1.39. The maximum atomic E-state index is 10.9. The molecule has 1 aromatic rings. The molecule has 0 aliphatic heterocycles. The summed E-state index contributed by atoms with van der Waals surface area (Å²) in [6.45, 7) is 3.45. The zero-order valence-corrected chi connectivity index (χ0v) is 7.51. The van der Waals surface area contributed by atoms with Gasteiger partial charge in [0.2, 0.25) is 0 Å². The van der Waals surface area contributed by atoms with Crippen LogP contribution in [0.3, 0.4) is 0 Å². The molecule has 1 rings (SSSR count). The summed E-state index contributed by atoms with van der Waals surface area (Å²) in [6, 6.07) is 3.16. The molecule has 0 saturated carbocycles. The predicted molar refractivity (Wildman–Crippen MR) is 51.6 cm³/mol. The molecule has 1 aromatic heterocycles. The lowest BCUT2D eigenvalue weighted by Gasteiger charge is -2.04. The number of carbonyl (C=O) groups excluding carboxylic acids is 1. The van der Waals surface area contributed by atoms with Gasteiger partial charge >= 0.3 is 0 Å². The molecule has 0 unspecified atom stereocenters. The number of carbonyl (C=O) groups is 1. The van der Waals surface area contributed by atoms with Crippen molar-refractivity contribution in [2.24, 2.45) is 5.73 Å². The van der Waals surface area contributed by atoms with Gasteiger partial charge in [-0.05, 0) is 18.3 Å². The number of pyridine rings is 1. The molecular weight excluding hydrogens is 190 g/mol. The fraction of sp³-hybridized carbons (Fsp3) is 0. The topological polar surface area (TPSA) is 68.0 Å². The van der Waals surface area contributed by atoms with Gasteiger partial charge in [0, 0.05) is 0 Å². The van der Waals surface area contributed by atoms with Crippen LogP contribution >= 0.6 is 11.6 Å². The maximum absolute atomic E-state index is 10.9. The Morgan fingerprint density at radius 1 is 1.69 bits per heavy atom. The van der Waals surface area contributed by atoms with E-state index in [0.717, 1.165) is 0 Å². The van der Waals surface area contributed by atoms with Crippen molar-refractivity contribution < 1.29 is 4.79 Å². The molecule has 0 aliphatic rings. The summed E-state index contributed by atoms with van der Waals surface area (Å²) in [7, 11) is 0. The number of nitrogens with zero attached hydrogens (tertiary/aromatic N) is 1. The van der Waals surface area contributed by atoms with Gasteiger partial charge in [-0.15, -0.1) is 0 Å². The molecule has 0 saturated heterocycles. The Morgan fingerprint density at radius 3 is 2.92 bits per heavy atom. The number of anilines is 1. The molecule has 0 fully saturated rings. The maximum Gasteiger partial charge on any atom is 0.269 e. The van der Waals surface area contributed by atoms with E-state index in [4.69, 9.17) is 17.3 Å². The number of hydrogen-bond acceptors (Lipinski definition) is 3. The van der Waals surface area contributed by atoms with E-state index in [-0.39, 0.29) is 10.8 Å². The second kappa shape index (κ2) is 3.91. The van der Waals surface area contributed by atoms with Crippen molar-refractivity contribution in [1.82, 2.24) is 4.98 Å². The largest absolute Gasteiger partial charge is 0.364 e. The first-order valence-corrected chi connectivity index (χ1v) is 3.86. The van der Waals surface area contributed by atoms with E-state index in [2.05, 4.69) is 16.9 Å². The van der Waals surface area contributed by atoms with Gasteiger partial charge in [-0.1, -0.05) is 18.2 Å². The molecule has 1 amide bonds. The smallest absolute Gasteiger partial charge is 0.269 e. The summed E-state index contributed by atoms with van der Waals surface area (Å²) in [4.78, 5) is 14.6. The van der Waals surface area contributed by atoms with Crippen molar-refractivity contribution in [3.8, 4) is 0 Å². The minimum Gasteiger partial charge on any atom is -0.364 e. The average molecular weight is 198 g/mol. The number of hydrogen-bond donors (Lipinski definition) is 2. The molecule has 0 radical (unpaired) electrons. The Balaban J connectivity index is 3.17. The Kier molecular flexibility index (Phi) is 2.87. The molecular formula is C8H8ClN3O. The van der Waals surface area contributed by atoms with E-state index >= 15 is 0 Å². The van der Waals surface area contributed by atoms with Crippen LogP contribution in [0.5, 0.6) is 0 Å². The summed E-state index contributed by atoms with van der Waals surface area (Å²) in [5, 5.41) is 2.95. The van der Waals surface area contributed by atoms with Gasteiger partial charge < -0.3 is 11.1 Å². The number of primary amides is 1. The second-order valence-electron chi connectivity index (χ2n) is 2.24. The Hall–Kier alpha value is -1.55. The lowest BCUT2D eigenvalue weighted by atomic mass is 10.3. The zero-order chi connectivity index (χ0) is 9.84. The Bertz CT molecular complexity index is 351. The van der Waals surface area contributed by atoms with E-state index in [9.17, 15) is 4.79 Å². The van der Waals surface area contributed by atoms with Gasteiger partial charge in [0.15, 0.2) is 5.69 Å². The first kappa shape index (κ1) is 9.54. The molecule has 5 heteroatoms. The number of nitrogens with two attached hydrogens (primary N) is 1. The van der Waals surface area contributed by atoms with E-state index in [0.29, 0.717) is 5.69 Å². The fourth-order valence-electron chi connectivity index (χ4n) is 0.850. The second-order valence-corrected chi connectivity index (χ2v) is 2.63. The summed E-state index contributed by atoms with van der Waals surface area (Å²) >= 11 is 5.59. The number of rotatable bonds is 3. The van der Waals surface area contributed by atoms with Crippen LogP contribution < -0.4 is 11.1 Å². The van der Waals surface area contributed by atoms with Crippen LogP contribution in [0.2, 0.25) is 5.15 Å². The molecule has 0 atom stereocenters. The minimum absolute atomic E-state index is 0.104. The zero-order valence-electron chi connectivity index (χ0n) is 6.75. The lowest BCUT2D eigenvalue weighted by Crippen LogP contribution is -2.15. The van der Waals surface area contributed by atoms with Crippen molar-refractivity contribution in [1.29, 1.82) is 0 Å². The van der Waals surface area contributed by atoms with Crippen molar-refractivity contribution in [2.75, 3.05) is 5.32 Å². The summed E-state index contributed by atoms with van der Waals surface area (Å²) in [5.41, 5.74) is 5.68. The normalized spacial score (nSPS) is 9.31. The standard InChI is InChI=1S/C8H8ClN3O/c1-2-11-5-3-4-6(9)12-7(5)8(10)13/h2-4,11H,1H2,(H2,10,13). The molecule has 3 N–H and O–H groups in total. The van der Waals surface area contributed by atoms with Crippen LogP contribution in [-0.4, -0.2) is 10.9 Å². The molecule has 0 aliphatic carbocycles. The molecule has 68 valence electrons. The molecule has 0 bridgehead atoms. The van der Waals surface area contributed by atoms with Gasteiger partial charge in [-0.2, -0.15) is 0 Å². The van der Waals surface area contributed by atoms with Gasteiger partial charge in [0.05, 0.1) is 5.69 Å². The van der Waals surface area contributed by atoms with Crippen molar-refractivity contribution in [3.63, 3.8) is 0 Å². The van der Waals surface area contributed by atoms with E-state index in [1.165, 1.54) is 6.20 Å². The summed E-state index contributed by atoms with van der Waals surface area (Å²) in [6.07, 6.45) is 1.43. The first-order chi connectivity index (χ1) is 6.15. The van der Waals surface area contributed by atoms with E-state index in [1.54, 1.807) is 12.1 Å². The van der Waals surface area contributed by atoms with E-state index < -0.39 is 5.91 Å². The quantitative estimate of drug-likeness (QED) is 0.720. The van der Waals surface area contributed by atoms with Crippen LogP contribution in [0, 0.1) is 0 Å². The van der Waals surface area contributed by atoms with Crippen LogP contribution in [0.4, 0.5) is 5.69 Å². The number of halogens is 1. The number of aromatic nitrogens is 1. The molecule has 4 nitrogen and oxygen atoms in total. The first-order valence-electron chi connectivity index (χ1n) is 3.49. The Labute approximate surface area is 80.4 Å². The van der Waals surface area contributed by atoms with Gasteiger partial charge in [-0.3, -0.25) is 4.79 Å². The highest BCUT2D eigenvalue weighted by Gasteiger charge is 2.09. The van der Waals surface area contributed by atoms with Gasteiger partial charge in [0.25, 0.3) is 5.91 Å². The van der Waals surface area contributed by atoms with Gasteiger partial charge in [-0.25, -0.2) is 4.98 Å². The lowest BCUT2D eigenvalue weighted by molar-refractivity contribution is 0.0996. The highest BCUT2D eigenvalue weighted by atomic mass is 35.5. The van der Waals surface area contributed by atoms with Crippen molar-refractivity contribution in [3.05, 3.63) is 35.8 Å². The molecule has 1 heterocycles. The number of amides is 1. The summed E-state index contributed by atoms with van der Waals surface area (Å²) in [5.74, 6) is -0.633. The monoisotopic (exact) mass is 197 g/mol. The van der Waals surface area contributed by atoms with Crippen LogP contribution in [0.15, 0.2) is 24.9 Å². The molecule has 13 heavy (non-hydrogen) atoms. The average Bonchev–Trinajstić information content (AvgIpc) is 2.08. The third-order valence-electron chi connectivity index (χ3n) is 1.35.